The highest BCUT2D eigenvalue weighted by Crippen LogP contribution is 2.22. The van der Waals surface area contributed by atoms with Crippen LogP contribution in [0.1, 0.15) is 23.3 Å². The molecule has 116 valence electrons. The van der Waals surface area contributed by atoms with Crippen LogP contribution >= 0.6 is 0 Å². The van der Waals surface area contributed by atoms with Gasteiger partial charge >= 0.3 is 0 Å². The lowest BCUT2D eigenvalue weighted by molar-refractivity contribution is 0.0664. The summed E-state index contributed by atoms with van der Waals surface area (Å²) in [6.07, 6.45) is 5.58. The van der Waals surface area contributed by atoms with Crippen LogP contribution in [0.15, 0.2) is 35.1 Å². The number of likely N-dealkylation sites (tertiary alicyclic amines) is 1. The smallest absolute Gasteiger partial charge is 0.276 e. The second-order valence-corrected chi connectivity index (χ2v) is 5.64. The number of hydrogen-bond acceptors (Lipinski definition) is 5. The lowest BCUT2D eigenvalue weighted by atomic mass is 9.98. The standard InChI is InChI=1S/C16H20N4O2/c1-17-9-12-4-3-7-20(11-12)16(21)14-8-15(22-19-14)13-5-2-6-18-10-13/h2,5-6,8,10,12,17H,3-4,7,9,11H2,1H3. The molecule has 1 unspecified atom stereocenters. The van der Waals surface area contributed by atoms with Gasteiger partial charge in [0.25, 0.3) is 5.91 Å². The topological polar surface area (TPSA) is 71.3 Å². The van der Waals surface area contributed by atoms with E-state index in [1.54, 1.807) is 18.5 Å². The first-order valence-corrected chi connectivity index (χ1v) is 7.59. The number of aromatic nitrogens is 2. The molecule has 1 N–H and O–H groups in total. The third-order valence-electron chi connectivity index (χ3n) is 3.97. The van der Waals surface area contributed by atoms with Crippen LogP contribution in [0, 0.1) is 5.92 Å². The van der Waals surface area contributed by atoms with Crippen LogP contribution in [-0.4, -0.2) is 47.6 Å². The number of amides is 1. The highest BCUT2D eigenvalue weighted by molar-refractivity contribution is 5.93. The van der Waals surface area contributed by atoms with E-state index in [1.165, 1.54) is 0 Å². The summed E-state index contributed by atoms with van der Waals surface area (Å²) in [4.78, 5) is 18.5. The van der Waals surface area contributed by atoms with E-state index in [-0.39, 0.29) is 5.91 Å². The van der Waals surface area contributed by atoms with Crippen molar-refractivity contribution in [1.82, 2.24) is 20.4 Å². The Balaban J connectivity index is 1.71. The van der Waals surface area contributed by atoms with Crippen molar-refractivity contribution >= 4 is 5.91 Å². The van der Waals surface area contributed by atoms with Crippen molar-refractivity contribution in [2.45, 2.75) is 12.8 Å². The Hall–Kier alpha value is -2.21. The molecule has 0 aromatic carbocycles. The van der Waals surface area contributed by atoms with Crippen molar-refractivity contribution in [1.29, 1.82) is 0 Å². The quantitative estimate of drug-likeness (QED) is 0.932. The molecule has 0 aliphatic carbocycles. The van der Waals surface area contributed by atoms with Crippen LogP contribution in [0.5, 0.6) is 0 Å². The zero-order valence-corrected chi connectivity index (χ0v) is 12.7. The van der Waals surface area contributed by atoms with Gasteiger partial charge in [-0.2, -0.15) is 0 Å². The van der Waals surface area contributed by atoms with Gasteiger partial charge in [0.1, 0.15) is 0 Å². The highest BCUT2D eigenvalue weighted by Gasteiger charge is 2.26. The number of carbonyl (C=O) groups excluding carboxylic acids is 1. The van der Waals surface area contributed by atoms with Crippen molar-refractivity contribution in [3.63, 3.8) is 0 Å². The summed E-state index contributed by atoms with van der Waals surface area (Å²) in [5, 5.41) is 7.11. The first kappa shape index (κ1) is 14.7. The lowest BCUT2D eigenvalue weighted by Gasteiger charge is -2.32. The zero-order valence-electron chi connectivity index (χ0n) is 12.7. The first-order chi connectivity index (χ1) is 10.8. The summed E-state index contributed by atoms with van der Waals surface area (Å²) in [5.74, 6) is 1.02. The molecule has 2 aromatic heterocycles. The molecule has 1 aliphatic heterocycles. The molecule has 1 atom stereocenters. The summed E-state index contributed by atoms with van der Waals surface area (Å²) < 4.78 is 5.29. The molecule has 1 aliphatic rings. The number of piperidine rings is 1. The molecule has 0 bridgehead atoms. The van der Waals surface area contributed by atoms with E-state index in [0.717, 1.165) is 38.0 Å². The monoisotopic (exact) mass is 300 g/mol. The van der Waals surface area contributed by atoms with Gasteiger partial charge in [-0.3, -0.25) is 9.78 Å². The second-order valence-electron chi connectivity index (χ2n) is 5.64. The van der Waals surface area contributed by atoms with Gasteiger partial charge in [-0.05, 0) is 44.5 Å². The van der Waals surface area contributed by atoms with Crippen molar-refractivity contribution in [2.24, 2.45) is 5.92 Å². The van der Waals surface area contributed by atoms with Gasteiger partial charge in [0.15, 0.2) is 11.5 Å². The molecular formula is C16H20N4O2. The van der Waals surface area contributed by atoms with E-state index in [9.17, 15) is 4.79 Å². The van der Waals surface area contributed by atoms with E-state index < -0.39 is 0 Å². The van der Waals surface area contributed by atoms with Crippen LogP contribution in [0.3, 0.4) is 0 Å². The van der Waals surface area contributed by atoms with Gasteiger partial charge in [-0.15, -0.1) is 0 Å². The number of nitrogens with zero attached hydrogens (tertiary/aromatic N) is 3. The maximum absolute atomic E-state index is 12.6. The zero-order chi connectivity index (χ0) is 15.4. The highest BCUT2D eigenvalue weighted by atomic mass is 16.5. The van der Waals surface area contributed by atoms with Crippen molar-refractivity contribution in [2.75, 3.05) is 26.7 Å². The molecule has 3 rings (SSSR count). The van der Waals surface area contributed by atoms with Gasteiger partial charge in [-0.25, -0.2) is 0 Å². The van der Waals surface area contributed by atoms with Crippen LogP contribution in [0.2, 0.25) is 0 Å². The van der Waals surface area contributed by atoms with Crippen molar-refractivity contribution < 1.29 is 9.32 Å². The number of carbonyl (C=O) groups is 1. The fraction of sp³-hybridized carbons (Fsp3) is 0.438. The number of hydrogen-bond donors (Lipinski definition) is 1. The van der Waals surface area contributed by atoms with Gasteiger partial charge in [0.05, 0.1) is 0 Å². The third kappa shape index (κ3) is 3.17. The molecule has 6 nitrogen and oxygen atoms in total. The third-order valence-corrected chi connectivity index (χ3v) is 3.97. The molecule has 1 amide bonds. The number of pyridine rings is 1. The number of nitrogens with one attached hydrogen (secondary N) is 1. The molecule has 0 radical (unpaired) electrons. The Kier molecular flexibility index (Phi) is 4.48. The summed E-state index contributed by atoms with van der Waals surface area (Å²) in [6, 6.07) is 5.40. The summed E-state index contributed by atoms with van der Waals surface area (Å²) in [7, 11) is 1.94. The Morgan fingerprint density at radius 1 is 1.55 bits per heavy atom. The van der Waals surface area contributed by atoms with Crippen molar-refractivity contribution in [3.05, 3.63) is 36.3 Å². The largest absolute Gasteiger partial charge is 0.355 e. The van der Waals surface area contributed by atoms with Gasteiger partial charge < -0.3 is 14.7 Å². The minimum atomic E-state index is -0.0558. The van der Waals surface area contributed by atoms with E-state index in [2.05, 4.69) is 15.5 Å². The Bertz CT molecular complexity index is 624. The molecule has 1 fully saturated rings. The predicted octanol–water partition coefficient (Wildman–Crippen LogP) is 1.81. The predicted molar refractivity (Wildman–Crippen MR) is 82.3 cm³/mol. The Morgan fingerprint density at radius 3 is 3.23 bits per heavy atom. The maximum atomic E-state index is 12.6. The van der Waals surface area contributed by atoms with E-state index in [1.807, 2.05) is 24.1 Å². The Morgan fingerprint density at radius 2 is 2.45 bits per heavy atom. The normalized spacial score (nSPS) is 18.4. The van der Waals surface area contributed by atoms with E-state index >= 15 is 0 Å². The molecular weight excluding hydrogens is 280 g/mol. The maximum Gasteiger partial charge on any atom is 0.276 e. The average Bonchev–Trinajstić information content (AvgIpc) is 3.05. The molecule has 22 heavy (non-hydrogen) atoms. The fourth-order valence-electron chi connectivity index (χ4n) is 2.89. The molecule has 6 heteroatoms. The van der Waals surface area contributed by atoms with Crippen LogP contribution in [0.4, 0.5) is 0 Å². The first-order valence-electron chi connectivity index (χ1n) is 7.59. The Labute approximate surface area is 129 Å². The van der Waals surface area contributed by atoms with Crippen LogP contribution in [-0.2, 0) is 0 Å². The second kappa shape index (κ2) is 6.70. The van der Waals surface area contributed by atoms with Crippen molar-refractivity contribution in [3.8, 4) is 11.3 Å². The fourth-order valence-corrected chi connectivity index (χ4v) is 2.89. The van der Waals surface area contributed by atoms with Gasteiger partial charge in [0, 0.05) is 37.1 Å². The average molecular weight is 300 g/mol. The molecule has 1 saturated heterocycles. The molecule has 0 spiro atoms. The van der Waals surface area contributed by atoms with Gasteiger partial charge in [-0.1, -0.05) is 5.16 Å². The summed E-state index contributed by atoms with van der Waals surface area (Å²) >= 11 is 0. The minimum absolute atomic E-state index is 0.0558. The molecule has 2 aromatic rings. The summed E-state index contributed by atoms with van der Waals surface area (Å²) in [6.45, 7) is 2.49. The van der Waals surface area contributed by atoms with E-state index in [0.29, 0.717) is 17.4 Å². The SMILES string of the molecule is CNCC1CCCN(C(=O)c2cc(-c3cccnc3)on2)C1. The van der Waals surface area contributed by atoms with Crippen LogP contribution in [0.25, 0.3) is 11.3 Å². The lowest BCUT2D eigenvalue weighted by Crippen LogP contribution is -2.42. The molecule has 3 heterocycles. The molecule has 0 saturated carbocycles. The number of rotatable bonds is 4. The van der Waals surface area contributed by atoms with Gasteiger partial charge in [0.2, 0.25) is 0 Å². The minimum Gasteiger partial charge on any atom is -0.355 e. The van der Waals surface area contributed by atoms with E-state index in [4.69, 9.17) is 4.52 Å². The van der Waals surface area contributed by atoms with Crippen LogP contribution < -0.4 is 5.32 Å². The summed E-state index contributed by atoms with van der Waals surface area (Å²) in [5.41, 5.74) is 1.18.